The molecule has 1 rings (SSSR count). The maximum atomic E-state index is 8.70. The predicted octanol–water partition coefficient (Wildman–Crippen LogP) is 2.98. The van der Waals surface area contributed by atoms with Crippen LogP contribution in [0.2, 0.25) is 5.02 Å². The highest BCUT2D eigenvalue weighted by molar-refractivity contribution is 9.10. The van der Waals surface area contributed by atoms with Crippen molar-refractivity contribution < 1.29 is 4.74 Å². The van der Waals surface area contributed by atoms with Crippen molar-refractivity contribution in [3.63, 3.8) is 0 Å². The van der Waals surface area contributed by atoms with Gasteiger partial charge in [-0.05, 0) is 28.1 Å². The predicted molar refractivity (Wildman–Crippen MR) is 50.4 cm³/mol. The zero-order chi connectivity index (χ0) is 9.14. The van der Waals surface area contributed by atoms with Gasteiger partial charge in [-0.15, -0.1) is 0 Å². The summed E-state index contributed by atoms with van der Waals surface area (Å²) < 4.78 is 5.58. The van der Waals surface area contributed by atoms with Crippen molar-refractivity contribution in [2.24, 2.45) is 0 Å². The number of ether oxygens (including phenoxy) is 1. The molecule has 0 heterocycles. The molecule has 2 nitrogen and oxygen atoms in total. The molecule has 0 saturated carbocycles. The Morgan fingerprint density at radius 2 is 2.25 bits per heavy atom. The molecule has 0 aromatic heterocycles. The van der Waals surface area contributed by atoms with Crippen molar-refractivity contribution in [3.05, 3.63) is 27.2 Å². The van der Waals surface area contributed by atoms with Crippen molar-refractivity contribution in [1.82, 2.24) is 0 Å². The molecule has 0 fully saturated rings. The van der Waals surface area contributed by atoms with E-state index in [-0.39, 0.29) is 0 Å². The molecule has 0 saturated heterocycles. The van der Waals surface area contributed by atoms with Gasteiger partial charge in [0.05, 0.1) is 22.2 Å². The number of nitrogens with zero attached hydrogens (tertiary/aromatic N) is 1. The normalized spacial score (nSPS) is 9.17. The van der Waals surface area contributed by atoms with Crippen LogP contribution >= 0.6 is 27.5 Å². The van der Waals surface area contributed by atoms with E-state index in [0.29, 0.717) is 20.8 Å². The van der Waals surface area contributed by atoms with E-state index in [1.165, 1.54) is 7.11 Å². The van der Waals surface area contributed by atoms with Gasteiger partial charge in [0, 0.05) is 0 Å². The van der Waals surface area contributed by atoms with E-state index in [1.807, 2.05) is 6.07 Å². The van der Waals surface area contributed by atoms with Crippen LogP contribution in [0.25, 0.3) is 0 Å². The van der Waals surface area contributed by atoms with Crippen LogP contribution in [0.5, 0.6) is 5.75 Å². The first kappa shape index (κ1) is 9.37. The molecule has 12 heavy (non-hydrogen) atoms. The van der Waals surface area contributed by atoms with Gasteiger partial charge in [0.15, 0.2) is 0 Å². The summed E-state index contributed by atoms with van der Waals surface area (Å²) in [6.07, 6.45) is 0. The number of halogens is 2. The van der Waals surface area contributed by atoms with Crippen LogP contribution in [-0.4, -0.2) is 7.11 Å². The fourth-order valence-electron chi connectivity index (χ4n) is 0.794. The second kappa shape index (κ2) is 3.79. The number of benzene rings is 1. The lowest BCUT2D eigenvalue weighted by Gasteiger charge is -2.04. The molecule has 0 bridgehead atoms. The highest BCUT2D eigenvalue weighted by Gasteiger charge is 2.09. The fraction of sp³-hybridized carbons (Fsp3) is 0.125. The summed E-state index contributed by atoms with van der Waals surface area (Å²) in [6.45, 7) is 0. The van der Waals surface area contributed by atoms with E-state index in [2.05, 4.69) is 15.9 Å². The molecule has 0 aliphatic heterocycles. The number of methoxy groups -OCH3 is 1. The summed E-state index contributed by atoms with van der Waals surface area (Å²) in [4.78, 5) is 0. The Balaban J connectivity index is 3.36. The summed E-state index contributed by atoms with van der Waals surface area (Å²) in [5, 5.41) is 9.12. The lowest BCUT2D eigenvalue weighted by molar-refractivity contribution is 0.412. The second-order valence-electron chi connectivity index (χ2n) is 2.05. The Hall–Kier alpha value is -0.720. The van der Waals surface area contributed by atoms with Gasteiger partial charge in [0.1, 0.15) is 11.8 Å². The van der Waals surface area contributed by atoms with E-state index in [0.717, 1.165) is 0 Å². The number of hydrogen-bond donors (Lipinski definition) is 0. The molecule has 1 aromatic carbocycles. The lowest BCUT2D eigenvalue weighted by Crippen LogP contribution is -1.87. The lowest BCUT2D eigenvalue weighted by atomic mass is 10.2. The third-order valence-electron chi connectivity index (χ3n) is 1.39. The van der Waals surface area contributed by atoms with Crippen molar-refractivity contribution >= 4 is 27.5 Å². The van der Waals surface area contributed by atoms with E-state index < -0.39 is 0 Å². The van der Waals surface area contributed by atoms with Gasteiger partial charge in [-0.25, -0.2) is 0 Å². The zero-order valence-corrected chi connectivity index (χ0v) is 8.61. The van der Waals surface area contributed by atoms with E-state index in [9.17, 15) is 0 Å². The van der Waals surface area contributed by atoms with Crippen LogP contribution in [-0.2, 0) is 0 Å². The third kappa shape index (κ3) is 1.55. The molecule has 0 atom stereocenters. The smallest absolute Gasteiger partial charge is 0.134 e. The largest absolute Gasteiger partial charge is 0.496 e. The molecule has 0 spiro atoms. The minimum atomic E-state index is 0.399. The maximum absolute atomic E-state index is 8.70. The third-order valence-corrected chi connectivity index (χ3v) is 2.49. The second-order valence-corrected chi connectivity index (χ2v) is 3.25. The topological polar surface area (TPSA) is 33.0 Å². The van der Waals surface area contributed by atoms with Crippen LogP contribution in [0, 0.1) is 11.3 Å². The Kier molecular flexibility index (Phi) is 2.96. The van der Waals surface area contributed by atoms with Gasteiger partial charge in [0.2, 0.25) is 0 Å². The van der Waals surface area contributed by atoms with Gasteiger partial charge in [-0.2, -0.15) is 5.26 Å². The number of nitriles is 1. The summed E-state index contributed by atoms with van der Waals surface area (Å²) in [7, 11) is 1.54. The average Bonchev–Trinajstić information content (AvgIpc) is 2.06. The van der Waals surface area contributed by atoms with Gasteiger partial charge in [-0.3, -0.25) is 0 Å². The standard InChI is InChI=1S/C8H5BrClNO/c1-12-7-3-2-6(10)5(4-11)8(7)9/h2-3H,1H3. The SMILES string of the molecule is COc1ccc(Cl)c(C#N)c1Br. The Morgan fingerprint density at radius 3 is 2.75 bits per heavy atom. The summed E-state index contributed by atoms with van der Waals surface area (Å²) in [6, 6.07) is 5.31. The van der Waals surface area contributed by atoms with Crippen LogP contribution in [0.4, 0.5) is 0 Å². The highest BCUT2D eigenvalue weighted by atomic mass is 79.9. The first-order valence-corrected chi connectivity index (χ1v) is 4.30. The van der Waals surface area contributed by atoms with Crippen LogP contribution in [0.3, 0.4) is 0 Å². The molecule has 0 aliphatic rings. The molecule has 62 valence electrons. The highest BCUT2D eigenvalue weighted by Crippen LogP contribution is 2.32. The van der Waals surface area contributed by atoms with Gasteiger partial charge in [-0.1, -0.05) is 11.6 Å². The molecular formula is C8H5BrClNO. The molecule has 0 unspecified atom stereocenters. The molecule has 0 N–H and O–H groups in total. The van der Waals surface area contributed by atoms with Crippen molar-refractivity contribution in [3.8, 4) is 11.8 Å². The Labute approximate surface area is 83.8 Å². The Bertz CT molecular complexity index is 346. The van der Waals surface area contributed by atoms with Crippen LogP contribution < -0.4 is 4.74 Å². The van der Waals surface area contributed by atoms with E-state index >= 15 is 0 Å². The molecule has 0 radical (unpaired) electrons. The molecule has 0 amide bonds. The molecule has 1 aromatic rings. The molecular weight excluding hydrogens is 241 g/mol. The minimum Gasteiger partial charge on any atom is -0.496 e. The molecule has 0 aliphatic carbocycles. The van der Waals surface area contributed by atoms with Gasteiger partial charge >= 0.3 is 0 Å². The summed E-state index contributed by atoms with van der Waals surface area (Å²) in [5.74, 6) is 0.607. The quantitative estimate of drug-likeness (QED) is 0.763. The first-order valence-electron chi connectivity index (χ1n) is 3.12. The summed E-state index contributed by atoms with van der Waals surface area (Å²) in [5.41, 5.74) is 0.399. The average molecular weight is 246 g/mol. The van der Waals surface area contributed by atoms with Crippen molar-refractivity contribution in [1.29, 1.82) is 5.26 Å². The molecule has 4 heteroatoms. The van der Waals surface area contributed by atoms with Gasteiger partial charge in [0.25, 0.3) is 0 Å². The van der Waals surface area contributed by atoms with E-state index in [4.69, 9.17) is 21.6 Å². The van der Waals surface area contributed by atoms with Gasteiger partial charge < -0.3 is 4.74 Å². The van der Waals surface area contributed by atoms with Crippen LogP contribution in [0.1, 0.15) is 5.56 Å². The monoisotopic (exact) mass is 245 g/mol. The minimum absolute atomic E-state index is 0.399. The maximum Gasteiger partial charge on any atom is 0.134 e. The van der Waals surface area contributed by atoms with E-state index in [1.54, 1.807) is 12.1 Å². The summed E-state index contributed by atoms with van der Waals surface area (Å²) >= 11 is 8.97. The van der Waals surface area contributed by atoms with Crippen LogP contribution in [0.15, 0.2) is 16.6 Å². The fourth-order valence-corrected chi connectivity index (χ4v) is 1.70. The van der Waals surface area contributed by atoms with Crippen molar-refractivity contribution in [2.45, 2.75) is 0 Å². The Morgan fingerprint density at radius 1 is 1.58 bits per heavy atom. The number of rotatable bonds is 1. The van der Waals surface area contributed by atoms with Crippen molar-refractivity contribution in [2.75, 3.05) is 7.11 Å². The number of hydrogen-bond acceptors (Lipinski definition) is 2. The zero-order valence-electron chi connectivity index (χ0n) is 6.27. The first-order chi connectivity index (χ1) is 5.70.